The third-order valence-corrected chi connectivity index (χ3v) is 3.24. The van der Waals surface area contributed by atoms with Crippen molar-refractivity contribution in [2.45, 2.75) is 0 Å². The highest BCUT2D eigenvalue weighted by atomic mass is 16.5. The van der Waals surface area contributed by atoms with E-state index in [4.69, 9.17) is 15.6 Å². The van der Waals surface area contributed by atoms with Crippen LogP contribution in [0, 0.1) is 12.3 Å². The third-order valence-electron chi connectivity index (χ3n) is 3.24. The zero-order valence-corrected chi connectivity index (χ0v) is 12.3. The summed E-state index contributed by atoms with van der Waals surface area (Å²) in [6.45, 7) is 0.0673. The van der Waals surface area contributed by atoms with E-state index in [1.165, 1.54) is 12.1 Å². The van der Waals surface area contributed by atoms with Gasteiger partial charge in [-0.05, 0) is 12.1 Å². The summed E-state index contributed by atoms with van der Waals surface area (Å²) in [7, 11) is 3.88. The Labute approximate surface area is 127 Å². The Morgan fingerprint density at radius 3 is 2.86 bits per heavy atom. The fourth-order valence-corrected chi connectivity index (χ4v) is 2.17. The van der Waals surface area contributed by atoms with Crippen molar-refractivity contribution in [1.29, 1.82) is 0 Å². The first-order valence-corrected chi connectivity index (χ1v) is 6.71. The standard InChI is InChI=1S/C17H14N2O3/c1-4-7-21-15-9-12(20)10-16-17(15)18-13-6-5-11(19(2)3)8-14(13)22-16/h1,5-6,8-10H,7H2,2-3H3. The molecule has 110 valence electrons. The van der Waals surface area contributed by atoms with Gasteiger partial charge < -0.3 is 14.1 Å². The number of hydrogen-bond acceptors (Lipinski definition) is 5. The second kappa shape index (κ2) is 5.41. The van der Waals surface area contributed by atoms with Crippen molar-refractivity contribution in [2.24, 2.45) is 0 Å². The SMILES string of the molecule is C#CCOc1cc(=O)cc2oc3cc(N(C)C)ccc3nc1-2. The Bertz CT molecular complexity index is 906. The summed E-state index contributed by atoms with van der Waals surface area (Å²) < 4.78 is 11.2. The topological polar surface area (TPSA) is 55.6 Å². The summed E-state index contributed by atoms with van der Waals surface area (Å²) >= 11 is 0. The molecule has 1 aromatic carbocycles. The van der Waals surface area contributed by atoms with Gasteiger partial charge in [0.25, 0.3) is 0 Å². The molecule has 0 radical (unpaired) electrons. The third kappa shape index (κ3) is 2.47. The summed E-state index contributed by atoms with van der Waals surface area (Å²) in [5.41, 5.74) is 2.54. The van der Waals surface area contributed by atoms with E-state index in [0.29, 0.717) is 28.3 Å². The molecule has 0 unspecified atom stereocenters. The van der Waals surface area contributed by atoms with Gasteiger partial charge >= 0.3 is 0 Å². The van der Waals surface area contributed by atoms with E-state index in [2.05, 4.69) is 10.9 Å². The zero-order chi connectivity index (χ0) is 15.7. The fourth-order valence-electron chi connectivity index (χ4n) is 2.17. The molecule has 0 fully saturated rings. The Hall–Kier alpha value is -3.00. The van der Waals surface area contributed by atoms with Gasteiger partial charge in [0.05, 0.1) is 0 Å². The number of hydrogen-bond donors (Lipinski definition) is 0. The van der Waals surface area contributed by atoms with Crippen molar-refractivity contribution < 1.29 is 9.15 Å². The van der Waals surface area contributed by atoms with Crippen LogP contribution in [-0.2, 0) is 0 Å². The van der Waals surface area contributed by atoms with Crippen LogP contribution in [0.2, 0.25) is 0 Å². The molecule has 0 N–H and O–H groups in total. The molecule has 3 rings (SSSR count). The normalized spacial score (nSPS) is 10.6. The molecule has 1 aromatic rings. The molecule has 0 atom stereocenters. The molecule has 0 bridgehead atoms. The lowest BCUT2D eigenvalue weighted by atomic mass is 10.2. The van der Waals surface area contributed by atoms with E-state index in [1.54, 1.807) is 0 Å². The summed E-state index contributed by atoms with van der Waals surface area (Å²) in [6.07, 6.45) is 5.19. The number of aromatic nitrogens is 1. The maximum atomic E-state index is 11.8. The monoisotopic (exact) mass is 294 g/mol. The van der Waals surface area contributed by atoms with Gasteiger partial charge in [-0.2, -0.15) is 0 Å². The van der Waals surface area contributed by atoms with Gasteiger partial charge in [-0.3, -0.25) is 4.79 Å². The second-order valence-electron chi connectivity index (χ2n) is 5.02. The van der Waals surface area contributed by atoms with E-state index in [1.807, 2.05) is 37.2 Å². The Kier molecular flexibility index (Phi) is 3.43. The van der Waals surface area contributed by atoms with E-state index >= 15 is 0 Å². The summed E-state index contributed by atoms with van der Waals surface area (Å²) in [5, 5.41) is 0. The van der Waals surface area contributed by atoms with Crippen LogP contribution in [0.15, 0.2) is 39.5 Å². The first kappa shape index (κ1) is 14.0. The predicted octanol–water partition coefficient (Wildman–Crippen LogP) is 2.37. The minimum absolute atomic E-state index is 0.0673. The number of nitrogens with zero attached hydrogens (tertiary/aromatic N) is 2. The van der Waals surface area contributed by atoms with Crippen LogP contribution in [0.1, 0.15) is 0 Å². The van der Waals surface area contributed by atoms with Gasteiger partial charge in [-0.1, -0.05) is 5.92 Å². The molecule has 0 spiro atoms. The highest BCUT2D eigenvalue weighted by Gasteiger charge is 2.16. The smallest absolute Gasteiger partial charge is 0.186 e. The number of terminal acetylenes is 1. The highest BCUT2D eigenvalue weighted by Crippen LogP contribution is 2.32. The number of fused-ring (bicyclic) bond motifs is 2. The molecule has 5 nitrogen and oxygen atoms in total. The maximum absolute atomic E-state index is 11.8. The van der Waals surface area contributed by atoms with E-state index in [-0.39, 0.29) is 12.0 Å². The van der Waals surface area contributed by atoms with Crippen molar-refractivity contribution in [1.82, 2.24) is 4.98 Å². The number of ether oxygens (including phenoxy) is 1. The molecule has 0 amide bonds. The van der Waals surface area contributed by atoms with E-state index in [9.17, 15) is 4.79 Å². The van der Waals surface area contributed by atoms with Gasteiger partial charge in [0.2, 0.25) is 0 Å². The van der Waals surface area contributed by atoms with Crippen LogP contribution in [0.5, 0.6) is 5.75 Å². The van der Waals surface area contributed by atoms with Gasteiger partial charge in [-0.25, -0.2) is 4.98 Å². The number of rotatable bonds is 3. The van der Waals surface area contributed by atoms with E-state index < -0.39 is 0 Å². The van der Waals surface area contributed by atoms with Crippen LogP contribution >= 0.6 is 0 Å². The van der Waals surface area contributed by atoms with Gasteiger partial charge in [0.1, 0.15) is 17.8 Å². The molecule has 1 aliphatic heterocycles. The molecule has 0 aromatic heterocycles. The molecular weight excluding hydrogens is 280 g/mol. The van der Waals surface area contributed by atoms with Crippen molar-refractivity contribution >= 4 is 16.8 Å². The summed E-state index contributed by atoms with van der Waals surface area (Å²) in [5.74, 6) is 3.08. The number of benzene rings is 2. The van der Waals surface area contributed by atoms with Crippen LogP contribution in [-0.4, -0.2) is 25.7 Å². The van der Waals surface area contributed by atoms with Crippen LogP contribution < -0.4 is 15.1 Å². The Balaban J connectivity index is 2.24. The molecular formula is C17H14N2O3. The summed E-state index contributed by atoms with van der Waals surface area (Å²) in [4.78, 5) is 18.2. The molecule has 1 heterocycles. The molecule has 2 aliphatic rings. The van der Waals surface area contributed by atoms with Crippen LogP contribution in [0.4, 0.5) is 5.69 Å². The van der Waals surface area contributed by atoms with Gasteiger partial charge in [-0.15, -0.1) is 6.42 Å². The summed E-state index contributed by atoms with van der Waals surface area (Å²) in [6, 6.07) is 8.45. The predicted molar refractivity (Wildman–Crippen MR) is 85.6 cm³/mol. The van der Waals surface area contributed by atoms with Crippen molar-refractivity contribution in [3.63, 3.8) is 0 Å². The molecule has 22 heavy (non-hydrogen) atoms. The quantitative estimate of drug-likeness (QED) is 0.548. The largest absolute Gasteiger partial charge is 0.478 e. The van der Waals surface area contributed by atoms with E-state index in [0.717, 1.165) is 5.69 Å². The van der Waals surface area contributed by atoms with Crippen molar-refractivity contribution in [3.8, 4) is 29.5 Å². The second-order valence-corrected chi connectivity index (χ2v) is 5.02. The van der Waals surface area contributed by atoms with Gasteiger partial charge in [0.15, 0.2) is 22.5 Å². The molecule has 0 saturated heterocycles. The van der Waals surface area contributed by atoms with Crippen LogP contribution in [0.3, 0.4) is 0 Å². The molecule has 1 aliphatic carbocycles. The lowest BCUT2D eigenvalue weighted by Crippen LogP contribution is -2.08. The fraction of sp³-hybridized carbons (Fsp3) is 0.176. The van der Waals surface area contributed by atoms with Gasteiger partial charge in [0, 0.05) is 38.0 Å². The minimum atomic E-state index is -0.215. The lowest BCUT2D eigenvalue weighted by molar-refractivity contribution is 0.369. The first-order chi connectivity index (χ1) is 10.6. The van der Waals surface area contributed by atoms with Crippen molar-refractivity contribution in [2.75, 3.05) is 25.6 Å². The Morgan fingerprint density at radius 2 is 2.14 bits per heavy atom. The van der Waals surface area contributed by atoms with Crippen LogP contribution in [0.25, 0.3) is 22.6 Å². The average molecular weight is 294 g/mol. The highest BCUT2D eigenvalue weighted by molar-refractivity contribution is 5.81. The minimum Gasteiger partial charge on any atom is -0.478 e. The average Bonchev–Trinajstić information content (AvgIpc) is 2.50. The first-order valence-electron chi connectivity index (χ1n) is 6.71. The Morgan fingerprint density at radius 1 is 1.32 bits per heavy atom. The van der Waals surface area contributed by atoms with Crippen molar-refractivity contribution in [3.05, 3.63) is 40.6 Å². The lowest BCUT2D eigenvalue weighted by Gasteiger charge is -2.14. The molecule has 0 saturated carbocycles. The maximum Gasteiger partial charge on any atom is 0.186 e. The number of anilines is 1. The zero-order valence-electron chi connectivity index (χ0n) is 12.3. The molecule has 5 heteroatoms.